The lowest BCUT2D eigenvalue weighted by Crippen LogP contribution is -2.55. The maximum atomic E-state index is 13.3. The van der Waals surface area contributed by atoms with E-state index in [1.54, 1.807) is 31.2 Å². The Balaban J connectivity index is 1.78. The lowest BCUT2D eigenvalue weighted by molar-refractivity contribution is 0.212. The zero-order valence-electron chi connectivity index (χ0n) is 20.7. The number of piperazine rings is 1. The quantitative estimate of drug-likeness (QED) is 0.635. The van der Waals surface area contributed by atoms with Crippen molar-refractivity contribution in [3.8, 4) is 0 Å². The number of sulfonamides is 2. The molecule has 2 aromatic rings. The largest absolute Gasteiger partial charge is 0.243 e. The van der Waals surface area contributed by atoms with E-state index < -0.39 is 26.1 Å². The molecule has 0 radical (unpaired) electrons. The summed E-state index contributed by atoms with van der Waals surface area (Å²) in [6.07, 6.45) is 0. The van der Waals surface area contributed by atoms with Crippen molar-refractivity contribution in [3.05, 3.63) is 59.7 Å². The summed E-state index contributed by atoms with van der Waals surface area (Å²) < 4.78 is 55.8. The summed E-state index contributed by atoms with van der Waals surface area (Å²) >= 11 is 0. The van der Waals surface area contributed by atoms with Crippen LogP contribution in [0.3, 0.4) is 0 Å². The Bertz CT molecular complexity index is 1190. The van der Waals surface area contributed by atoms with Gasteiger partial charge in [-0.25, -0.2) is 16.8 Å². The molecule has 1 saturated heterocycles. The summed E-state index contributed by atoms with van der Waals surface area (Å²) in [5, 5.41) is 0. The van der Waals surface area contributed by atoms with Gasteiger partial charge in [0.15, 0.2) is 0 Å². The van der Waals surface area contributed by atoms with Gasteiger partial charge in [0.1, 0.15) is 0 Å². The fraction of sp³-hybridized carbons (Fsp3) is 0.520. The number of benzene rings is 2. The average molecular weight is 493 g/mol. The number of hydrogen-bond acceptors (Lipinski definition) is 4. The van der Waals surface area contributed by atoms with Crippen molar-refractivity contribution < 1.29 is 16.8 Å². The molecule has 1 aliphatic rings. The highest BCUT2D eigenvalue weighted by Gasteiger charge is 2.38. The van der Waals surface area contributed by atoms with Crippen LogP contribution in [0.5, 0.6) is 0 Å². The third-order valence-electron chi connectivity index (χ3n) is 6.21. The number of nitrogens with zero attached hydrogens (tertiary/aromatic N) is 2. The molecular weight excluding hydrogens is 456 g/mol. The third-order valence-corrected chi connectivity index (χ3v) is 10.1. The molecule has 6 nitrogen and oxygen atoms in total. The Morgan fingerprint density at radius 1 is 0.667 bits per heavy atom. The topological polar surface area (TPSA) is 74.8 Å². The van der Waals surface area contributed by atoms with Crippen LogP contribution in [0.2, 0.25) is 0 Å². The monoisotopic (exact) mass is 492 g/mol. The summed E-state index contributed by atoms with van der Waals surface area (Å²) in [4.78, 5) is 0.466. The van der Waals surface area contributed by atoms with Crippen LogP contribution in [0.4, 0.5) is 0 Å². The Labute approximate surface area is 199 Å². The van der Waals surface area contributed by atoms with E-state index in [0.717, 1.165) is 11.1 Å². The number of rotatable bonds is 4. The van der Waals surface area contributed by atoms with Crippen LogP contribution in [0.1, 0.15) is 59.6 Å². The van der Waals surface area contributed by atoms with E-state index in [2.05, 4.69) is 41.5 Å². The molecule has 2 aromatic carbocycles. The molecule has 0 bridgehead atoms. The highest BCUT2D eigenvalue weighted by molar-refractivity contribution is 7.89. The molecule has 0 N–H and O–H groups in total. The van der Waals surface area contributed by atoms with Gasteiger partial charge < -0.3 is 0 Å². The van der Waals surface area contributed by atoms with E-state index in [9.17, 15) is 16.8 Å². The fourth-order valence-corrected chi connectivity index (χ4v) is 7.15. The molecule has 0 unspecified atom stereocenters. The summed E-state index contributed by atoms with van der Waals surface area (Å²) in [6, 6.07) is 13.5. The van der Waals surface area contributed by atoms with Gasteiger partial charge in [0.25, 0.3) is 0 Å². The molecule has 182 valence electrons. The average Bonchev–Trinajstić information content (AvgIpc) is 2.72. The Hall–Kier alpha value is -1.74. The lowest BCUT2D eigenvalue weighted by atomic mass is 9.87. The highest BCUT2D eigenvalue weighted by Crippen LogP contribution is 2.29. The van der Waals surface area contributed by atoms with Crippen molar-refractivity contribution in [2.45, 2.75) is 75.1 Å². The molecule has 1 heterocycles. The zero-order chi connectivity index (χ0) is 24.8. The van der Waals surface area contributed by atoms with Crippen molar-refractivity contribution in [1.82, 2.24) is 8.61 Å². The highest BCUT2D eigenvalue weighted by atomic mass is 32.2. The predicted molar refractivity (Wildman–Crippen MR) is 132 cm³/mol. The minimum absolute atomic E-state index is 0.0676. The van der Waals surface area contributed by atoms with Gasteiger partial charge in [-0.05, 0) is 53.1 Å². The van der Waals surface area contributed by atoms with Crippen LogP contribution in [-0.4, -0.2) is 51.1 Å². The van der Waals surface area contributed by atoms with Gasteiger partial charge in [-0.3, -0.25) is 0 Å². The lowest BCUT2D eigenvalue weighted by Gasteiger charge is -2.38. The first kappa shape index (κ1) is 25.9. The molecule has 1 atom stereocenters. The second kappa shape index (κ2) is 8.80. The molecule has 0 aliphatic carbocycles. The van der Waals surface area contributed by atoms with Crippen LogP contribution in [-0.2, 0) is 30.9 Å². The smallest absolute Gasteiger partial charge is 0.207 e. The standard InChI is InChI=1S/C25H36N2O4S2/c1-19-18-26(32(28,29)22-12-8-20(9-13-22)24(2,3)4)16-17-27(19)33(30,31)23-14-10-21(11-15-23)25(5,6)7/h8-15,19H,16-18H2,1-7H3/t19-/m1/s1. The van der Waals surface area contributed by atoms with Crippen LogP contribution >= 0.6 is 0 Å². The first-order valence-corrected chi connectivity index (χ1v) is 14.2. The number of hydrogen-bond donors (Lipinski definition) is 0. The van der Waals surface area contributed by atoms with Crippen LogP contribution < -0.4 is 0 Å². The summed E-state index contributed by atoms with van der Waals surface area (Å²) in [7, 11) is -7.42. The third kappa shape index (κ3) is 5.34. The molecule has 3 rings (SSSR count). The van der Waals surface area contributed by atoms with Crippen LogP contribution in [0.15, 0.2) is 58.3 Å². The molecule has 8 heteroatoms. The molecule has 0 amide bonds. The van der Waals surface area contributed by atoms with E-state index in [1.807, 2.05) is 24.3 Å². The van der Waals surface area contributed by atoms with E-state index >= 15 is 0 Å². The van der Waals surface area contributed by atoms with Gasteiger partial charge in [0.2, 0.25) is 20.0 Å². The van der Waals surface area contributed by atoms with E-state index in [4.69, 9.17) is 0 Å². The van der Waals surface area contributed by atoms with Crippen molar-refractivity contribution in [1.29, 1.82) is 0 Å². The maximum absolute atomic E-state index is 13.3. The normalized spacial score (nSPS) is 19.5. The molecule has 0 spiro atoms. The van der Waals surface area contributed by atoms with Gasteiger partial charge in [0.05, 0.1) is 9.79 Å². The summed E-state index contributed by atoms with van der Waals surface area (Å²) in [6.45, 7) is 14.6. The SMILES string of the molecule is C[C@@H]1CN(S(=O)(=O)c2ccc(C(C)(C)C)cc2)CCN1S(=O)(=O)c1ccc(C(C)(C)C)cc1. The zero-order valence-corrected chi connectivity index (χ0v) is 22.3. The van der Waals surface area contributed by atoms with Crippen molar-refractivity contribution in [2.24, 2.45) is 0 Å². The first-order chi connectivity index (χ1) is 15.0. The van der Waals surface area contributed by atoms with E-state index in [-0.39, 0.29) is 40.3 Å². The van der Waals surface area contributed by atoms with Crippen molar-refractivity contribution in [2.75, 3.05) is 19.6 Å². The molecule has 0 aromatic heterocycles. The second-order valence-corrected chi connectivity index (χ2v) is 14.7. The van der Waals surface area contributed by atoms with Gasteiger partial charge in [-0.2, -0.15) is 8.61 Å². The Kier molecular flexibility index (Phi) is 6.90. The Morgan fingerprint density at radius 3 is 1.42 bits per heavy atom. The second-order valence-electron chi connectivity index (χ2n) is 10.9. The van der Waals surface area contributed by atoms with E-state index in [0.29, 0.717) is 0 Å². The van der Waals surface area contributed by atoms with Crippen LogP contribution in [0, 0.1) is 0 Å². The van der Waals surface area contributed by atoms with Gasteiger partial charge >= 0.3 is 0 Å². The molecule has 1 aliphatic heterocycles. The fourth-order valence-electron chi connectivity index (χ4n) is 4.02. The minimum Gasteiger partial charge on any atom is -0.207 e. The minimum atomic E-state index is -3.72. The molecule has 33 heavy (non-hydrogen) atoms. The van der Waals surface area contributed by atoms with Crippen LogP contribution in [0.25, 0.3) is 0 Å². The summed E-state index contributed by atoms with van der Waals surface area (Å²) in [5.74, 6) is 0. The Morgan fingerprint density at radius 2 is 1.06 bits per heavy atom. The molecule has 0 saturated carbocycles. The van der Waals surface area contributed by atoms with Gasteiger partial charge in [-0.1, -0.05) is 65.8 Å². The molecule has 1 fully saturated rings. The summed E-state index contributed by atoms with van der Waals surface area (Å²) in [5.41, 5.74) is 1.98. The maximum Gasteiger partial charge on any atom is 0.243 e. The van der Waals surface area contributed by atoms with E-state index in [1.165, 1.54) is 8.61 Å². The first-order valence-electron chi connectivity index (χ1n) is 11.3. The van der Waals surface area contributed by atoms with Gasteiger partial charge in [0, 0.05) is 25.7 Å². The van der Waals surface area contributed by atoms with Crippen molar-refractivity contribution in [3.63, 3.8) is 0 Å². The molecular formula is C25H36N2O4S2. The van der Waals surface area contributed by atoms with Crippen molar-refractivity contribution >= 4 is 20.0 Å². The van der Waals surface area contributed by atoms with Gasteiger partial charge in [-0.15, -0.1) is 0 Å². The predicted octanol–water partition coefficient (Wildman–Crippen LogP) is 4.37.